The van der Waals surface area contributed by atoms with E-state index in [0.717, 1.165) is 29.2 Å². The molecular weight excluding hydrogens is 406 g/mol. The zero-order chi connectivity index (χ0) is 20.1. The summed E-state index contributed by atoms with van der Waals surface area (Å²) in [6, 6.07) is 15.0. The van der Waals surface area contributed by atoms with Crippen LogP contribution in [-0.4, -0.2) is 25.5 Å². The van der Waals surface area contributed by atoms with E-state index in [1.807, 2.05) is 32.0 Å². The molecule has 1 unspecified atom stereocenters. The van der Waals surface area contributed by atoms with Gasteiger partial charge in [0.1, 0.15) is 0 Å². The Morgan fingerprint density at radius 1 is 1.10 bits per heavy atom. The molecule has 5 nitrogen and oxygen atoms in total. The van der Waals surface area contributed by atoms with Crippen molar-refractivity contribution >= 4 is 33.2 Å². The molecule has 2 aromatic carbocycles. The number of pyridine rings is 1. The summed E-state index contributed by atoms with van der Waals surface area (Å²) in [4.78, 5) is 4.41. The standard InChI is InChI=1S/C22H27N3O2S.ClH/c1-16-14-24-15-19-9-11-21(13-22(16)19)28(26,27)25-17(2)12-20(23)10-8-18-6-4-3-5-7-18;/h3-7,9,11,13-15,17,20,25H,8,10,12,23H2,1-2H3;1H/t17-,20?;/m1./s1. The topological polar surface area (TPSA) is 85.1 Å². The number of benzene rings is 2. The molecule has 0 spiro atoms. The Morgan fingerprint density at radius 2 is 1.83 bits per heavy atom. The van der Waals surface area contributed by atoms with Crippen LogP contribution in [0.4, 0.5) is 0 Å². The van der Waals surface area contributed by atoms with Crippen molar-refractivity contribution in [1.82, 2.24) is 9.71 Å². The van der Waals surface area contributed by atoms with Gasteiger partial charge in [-0.2, -0.15) is 0 Å². The summed E-state index contributed by atoms with van der Waals surface area (Å²) in [5.41, 5.74) is 8.42. The Hall–Kier alpha value is -1.99. The Morgan fingerprint density at radius 3 is 2.55 bits per heavy atom. The monoisotopic (exact) mass is 433 g/mol. The third kappa shape index (κ3) is 6.24. The van der Waals surface area contributed by atoms with Crippen molar-refractivity contribution in [2.45, 2.75) is 50.1 Å². The Kier molecular flexibility index (Phi) is 8.16. The Bertz CT molecular complexity index is 1040. The quantitative estimate of drug-likeness (QED) is 0.562. The van der Waals surface area contributed by atoms with Gasteiger partial charge in [-0.25, -0.2) is 13.1 Å². The van der Waals surface area contributed by atoms with Crippen LogP contribution in [0.25, 0.3) is 10.8 Å². The number of rotatable bonds is 8. The molecule has 0 aliphatic heterocycles. The Balaban J connectivity index is 0.00000300. The fourth-order valence-corrected chi connectivity index (χ4v) is 4.69. The maximum atomic E-state index is 12.8. The van der Waals surface area contributed by atoms with Crippen LogP contribution in [0.3, 0.4) is 0 Å². The summed E-state index contributed by atoms with van der Waals surface area (Å²) in [6.45, 7) is 3.78. The van der Waals surface area contributed by atoms with Crippen molar-refractivity contribution in [3.63, 3.8) is 0 Å². The molecule has 0 radical (unpaired) electrons. The van der Waals surface area contributed by atoms with Crippen molar-refractivity contribution in [2.24, 2.45) is 5.73 Å². The summed E-state index contributed by atoms with van der Waals surface area (Å²) in [7, 11) is -3.61. The second-order valence-corrected chi connectivity index (χ2v) is 9.10. The summed E-state index contributed by atoms with van der Waals surface area (Å²) in [6.07, 6.45) is 5.77. The first kappa shape index (κ1) is 23.3. The van der Waals surface area contributed by atoms with E-state index in [1.54, 1.807) is 30.6 Å². The number of nitrogens with one attached hydrogen (secondary N) is 1. The molecule has 1 heterocycles. The van der Waals surface area contributed by atoms with E-state index in [2.05, 4.69) is 21.8 Å². The van der Waals surface area contributed by atoms with Gasteiger partial charge in [-0.1, -0.05) is 36.4 Å². The first-order chi connectivity index (χ1) is 13.3. The van der Waals surface area contributed by atoms with Gasteiger partial charge < -0.3 is 5.73 Å². The predicted octanol–water partition coefficient (Wildman–Crippen LogP) is 3.98. The van der Waals surface area contributed by atoms with Crippen molar-refractivity contribution < 1.29 is 8.42 Å². The van der Waals surface area contributed by atoms with Crippen molar-refractivity contribution in [3.05, 3.63) is 72.1 Å². The van der Waals surface area contributed by atoms with Gasteiger partial charge >= 0.3 is 0 Å². The number of hydrogen-bond acceptors (Lipinski definition) is 4. The lowest BCUT2D eigenvalue weighted by molar-refractivity contribution is 0.484. The number of sulfonamides is 1. The molecule has 0 aliphatic carbocycles. The van der Waals surface area contributed by atoms with Crippen LogP contribution in [0, 0.1) is 6.92 Å². The van der Waals surface area contributed by atoms with Crippen LogP contribution in [-0.2, 0) is 16.4 Å². The first-order valence-corrected chi connectivity index (χ1v) is 11.0. The van der Waals surface area contributed by atoms with Gasteiger partial charge in [0, 0.05) is 29.9 Å². The van der Waals surface area contributed by atoms with E-state index in [4.69, 9.17) is 5.73 Å². The fraction of sp³-hybridized carbons (Fsp3) is 0.318. The molecule has 0 bridgehead atoms. The summed E-state index contributed by atoms with van der Waals surface area (Å²) in [5, 5.41) is 1.82. The maximum Gasteiger partial charge on any atom is 0.240 e. The highest BCUT2D eigenvalue weighted by Crippen LogP contribution is 2.21. The molecule has 3 rings (SSSR count). The minimum atomic E-state index is -3.61. The molecule has 0 amide bonds. The van der Waals surface area contributed by atoms with Crippen LogP contribution in [0.15, 0.2) is 65.8 Å². The Labute approximate surface area is 179 Å². The van der Waals surface area contributed by atoms with Crippen LogP contribution >= 0.6 is 12.4 Å². The summed E-state index contributed by atoms with van der Waals surface area (Å²) >= 11 is 0. The third-order valence-corrected chi connectivity index (χ3v) is 6.49. The summed E-state index contributed by atoms with van der Waals surface area (Å²) in [5.74, 6) is 0. The van der Waals surface area contributed by atoms with Crippen LogP contribution in [0.1, 0.15) is 30.9 Å². The molecule has 0 saturated heterocycles. The van der Waals surface area contributed by atoms with Gasteiger partial charge in [0.05, 0.1) is 4.90 Å². The number of fused-ring (bicyclic) bond motifs is 1. The highest BCUT2D eigenvalue weighted by molar-refractivity contribution is 7.89. The molecular formula is C22H28ClN3O2S. The number of aromatic nitrogens is 1. The lowest BCUT2D eigenvalue weighted by Gasteiger charge is -2.19. The minimum Gasteiger partial charge on any atom is -0.328 e. The number of halogens is 1. The summed E-state index contributed by atoms with van der Waals surface area (Å²) < 4.78 is 28.3. The van der Waals surface area contributed by atoms with Crippen molar-refractivity contribution in [1.29, 1.82) is 0 Å². The zero-order valence-electron chi connectivity index (χ0n) is 16.7. The molecule has 3 N–H and O–H groups in total. The molecule has 0 saturated carbocycles. The van der Waals surface area contributed by atoms with Gasteiger partial charge in [-0.15, -0.1) is 12.4 Å². The van der Waals surface area contributed by atoms with E-state index in [-0.39, 0.29) is 29.4 Å². The molecule has 3 aromatic rings. The van der Waals surface area contributed by atoms with E-state index in [1.165, 1.54) is 5.56 Å². The average molecular weight is 434 g/mol. The van der Waals surface area contributed by atoms with E-state index < -0.39 is 10.0 Å². The maximum absolute atomic E-state index is 12.8. The average Bonchev–Trinajstić information content (AvgIpc) is 2.67. The molecule has 2 atom stereocenters. The van der Waals surface area contributed by atoms with E-state index in [0.29, 0.717) is 6.42 Å². The third-order valence-electron chi connectivity index (χ3n) is 4.90. The molecule has 156 valence electrons. The second-order valence-electron chi connectivity index (χ2n) is 7.38. The smallest absolute Gasteiger partial charge is 0.240 e. The lowest BCUT2D eigenvalue weighted by atomic mass is 10.0. The number of aryl methyl sites for hydroxylation is 2. The molecule has 0 aliphatic rings. The van der Waals surface area contributed by atoms with Gasteiger partial charge in [0.15, 0.2) is 0 Å². The second kappa shape index (κ2) is 10.2. The highest BCUT2D eigenvalue weighted by Gasteiger charge is 2.19. The number of nitrogens with zero attached hydrogens (tertiary/aromatic N) is 1. The largest absolute Gasteiger partial charge is 0.328 e. The van der Waals surface area contributed by atoms with Crippen molar-refractivity contribution in [2.75, 3.05) is 0 Å². The van der Waals surface area contributed by atoms with E-state index in [9.17, 15) is 8.42 Å². The fourth-order valence-electron chi connectivity index (χ4n) is 3.41. The zero-order valence-corrected chi connectivity index (χ0v) is 18.3. The molecule has 0 fully saturated rings. The first-order valence-electron chi connectivity index (χ1n) is 9.51. The van der Waals surface area contributed by atoms with Crippen LogP contribution < -0.4 is 10.5 Å². The lowest BCUT2D eigenvalue weighted by Crippen LogP contribution is -2.37. The van der Waals surface area contributed by atoms with Gasteiger partial charge in [-0.3, -0.25) is 4.98 Å². The number of nitrogens with two attached hydrogens (primary N) is 1. The normalized spacial score (nSPS) is 13.6. The molecule has 1 aromatic heterocycles. The van der Waals surface area contributed by atoms with Gasteiger partial charge in [-0.05, 0) is 61.8 Å². The van der Waals surface area contributed by atoms with E-state index >= 15 is 0 Å². The number of hydrogen-bond donors (Lipinski definition) is 2. The highest BCUT2D eigenvalue weighted by atomic mass is 35.5. The minimum absolute atomic E-state index is 0. The van der Waals surface area contributed by atoms with Crippen molar-refractivity contribution in [3.8, 4) is 0 Å². The van der Waals surface area contributed by atoms with Gasteiger partial charge in [0.25, 0.3) is 0 Å². The molecule has 29 heavy (non-hydrogen) atoms. The molecule has 7 heteroatoms. The van der Waals surface area contributed by atoms with Crippen LogP contribution in [0.2, 0.25) is 0 Å². The van der Waals surface area contributed by atoms with Gasteiger partial charge in [0.2, 0.25) is 10.0 Å². The van der Waals surface area contributed by atoms with Crippen LogP contribution in [0.5, 0.6) is 0 Å². The predicted molar refractivity (Wildman–Crippen MR) is 121 cm³/mol. The SMILES string of the molecule is Cc1cncc2ccc(S(=O)(=O)N[C@H](C)CC(N)CCc3ccccc3)cc12.Cl.